The van der Waals surface area contributed by atoms with Gasteiger partial charge in [-0.05, 0) is 38.3 Å². The number of carbonyl (C=O) groups excluding carboxylic acids is 1. The number of nitrogens with one attached hydrogen (secondary N) is 1. The minimum Gasteiger partial charge on any atom is -0.493 e. The Morgan fingerprint density at radius 3 is 2.49 bits per heavy atom. The van der Waals surface area contributed by atoms with Gasteiger partial charge in [-0.1, -0.05) is 17.3 Å². The van der Waals surface area contributed by atoms with Gasteiger partial charge in [-0.25, -0.2) is 18.3 Å². The maximum absolute atomic E-state index is 13.9. The van der Waals surface area contributed by atoms with Crippen LogP contribution in [0.5, 0.6) is 11.5 Å². The van der Waals surface area contributed by atoms with Gasteiger partial charge in [-0.3, -0.25) is 4.79 Å². The Balaban J connectivity index is 1.40. The lowest BCUT2D eigenvalue weighted by Crippen LogP contribution is -2.33. The van der Waals surface area contributed by atoms with Crippen LogP contribution in [0.3, 0.4) is 0 Å². The summed E-state index contributed by atoms with van der Waals surface area (Å²) in [6.07, 6.45) is 3.36. The number of rotatable bonds is 12. The van der Waals surface area contributed by atoms with Crippen LogP contribution in [0.15, 0.2) is 42.6 Å². The van der Waals surface area contributed by atoms with Crippen molar-refractivity contribution in [1.29, 1.82) is 0 Å². The molecular weight excluding hydrogens is 462 g/mol. The number of unbranched alkanes of at least 4 members (excludes halogenated alkanes) is 1. The van der Waals surface area contributed by atoms with E-state index in [0.29, 0.717) is 49.4 Å². The van der Waals surface area contributed by atoms with Crippen LogP contribution in [0.25, 0.3) is 5.69 Å². The quantitative estimate of drug-likeness (QED) is 0.375. The fourth-order valence-electron chi connectivity index (χ4n) is 3.35. The molecule has 2 N–H and O–H groups in total. The van der Waals surface area contributed by atoms with Crippen LogP contribution in [0.2, 0.25) is 0 Å². The molecule has 0 bridgehead atoms. The van der Waals surface area contributed by atoms with Crippen molar-refractivity contribution in [3.8, 4) is 17.2 Å². The molecule has 0 aliphatic carbocycles. The first-order valence-corrected chi connectivity index (χ1v) is 11.0. The van der Waals surface area contributed by atoms with Crippen LogP contribution >= 0.6 is 0 Å². The van der Waals surface area contributed by atoms with Crippen LogP contribution in [-0.2, 0) is 11.2 Å². The van der Waals surface area contributed by atoms with Gasteiger partial charge in [0.05, 0.1) is 31.2 Å². The summed E-state index contributed by atoms with van der Waals surface area (Å²) in [6, 6.07) is 9.04. The Morgan fingerprint density at radius 2 is 1.83 bits per heavy atom. The third kappa shape index (κ3) is 6.98. The smallest absolute Gasteiger partial charge is 0.341 e. The highest BCUT2D eigenvalue weighted by atomic mass is 19.1. The lowest BCUT2D eigenvalue weighted by molar-refractivity contribution is -0.121. The number of hydrogen-bond acceptors (Lipinski definition) is 6. The van der Waals surface area contributed by atoms with E-state index in [1.54, 1.807) is 19.2 Å². The minimum absolute atomic E-state index is 0.0209. The van der Waals surface area contributed by atoms with Crippen LogP contribution < -0.4 is 14.8 Å². The molecule has 1 atom stereocenters. The number of aryl methyl sites for hydroxylation is 1. The zero-order valence-electron chi connectivity index (χ0n) is 19.3. The summed E-state index contributed by atoms with van der Waals surface area (Å²) in [4.78, 5) is 23.0. The molecule has 11 heteroatoms. The second-order valence-electron chi connectivity index (χ2n) is 7.83. The summed E-state index contributed by atoms with van der Waals surface area (Å²) in [5.74, 6) is -2.96. The van der Waals surface area contributed by atoms with Crippen LogP contribution in [0.4, 0.5) is 8.78 Å². The maximum atomic E-state index is 13.9. The van der Waals surface area contributed by atoms with Crippen molar-refractivity contribution < 1.29 is 33.0 Å². The SMILES string of the molecule is COc1ccccc1OC(C)CNC(=O)CCCCc1cn(-c2cc(F)c(C(=O)O)c(F)c2)nn1. The van der Waals surface area contributed by atoms with E-state index in [1.807, 2.05) is 19.1 Å². The van der Waals surface area contributed by atoms with Crippen molar-refractivity contribution in [2.45, 2.75) is 38.7 Å². The van der Waals surface area contributed by atoms with Crippen molar-refractivity contribution in [2.24, 2.45) is 0 Å². The molecule has 0 aliphatic heterocycles. The molecule has 35 heavy (non-hydrogen) atoms. The Bertz CT molecular complexity index is 1160. The number of amides is 1. The number of para-hydroxylation sites is 2. The van der Waals surface area contributed by atoms with Crippen LogP contribution in [0.1, 0.15) is 42.2 Å². The summed E-state index contributed by atoms with van der Waals surface area (Å²) in [6.45, 7) is 2.20. The molecule has 9 nitrogen and oxygen atoms in total. The van der Waals surface area contributed by atoms with Gasteiger partial charge in [-0.2, -0.15) is 0 Å². The van der Waals surface area contributed by atoms with Gasteiger partial charge in [-0.15, -0.1) is 5.10 Å². The number of ether oxygens (including phenoxy) is 2. The molecule has 2 aromatic carbocycles. The zero-order chi connectivity index (χ0) is 25.4. The summed E-state index contributed by atoms with van der Waals surface area (Å²) in [7, 11) is 1.56. The van der Waals surface area contributed by atoms with E-state index in [9.17, 15) is 18.4 Å². The van der Waals surface area contributed by atoms with E-state index in [4.69, 9.17) is 14.6 Å². The van der Waals surface area contributed by atoms with Crippen LogP contribution in [0, 0.1) is 11.6 Å². The van der Waals surface area contributed by atoms with Gasteiger partial charge in [0, 0.05) is 18.6 Å². The molecule has 0 fully saturated rings. The Hall–Kier alpha value is -4.02. The van der Waals surface area contributed by atoms with Gasteiger partial charge in [0.15, 0.2) is 11.5 Å². The van der Waals surface area contributed by atoms with Crippen molar-refractivity contribution in [3.63, 3.8) is 0 Å². The van der Waals surface area contributed by atoms with Gasteiger partial charge >= 0.3 is 5.97 Å². The Kier molecular flexibility index (Phi) is 8.71. The summed E-state index contributed by atoms with van der Waals surface area (Å²) < 4.78 is 40.0. The monoisotopic (exact) mass is 488 g/mol. The number of benzene rings is 2. The summed E-state index contributed by atoms with van der Waals surface area (Å²) >= 11 is 0. The topological polar surface area (TPSA) is 116 Å². The van der Waals surface area contributed by atoms with Gasteiger partial charge in [0.1, 0.15) is 23.3 Å². The van der Waals surface area contributed by atoms with E-state index in [2.05, 4.69) is 15.6 Å². The minimum atomic E-state index is -1.69. The first kappa shape index (κ1) is 25.6. The number of carboxylic acid groups (broad SMARTS) is 1. The number of carbonyl (C=O) groups is 2. The lowest BCUT2D eigenvalue weighted by Gasteiger charge is -2.17. The molecule has 1 heterocycles. The number of halogens is 2. The number of methoxy groups -OCH3 is 1. The molecular formula is C24H26F2N4O5. The van der Waals surface area contributed by atoms with E-state index < -0.39 is 23.2 Å². The zero-order valence-corrected chi connectivity index (χ0v) is 19.3. The maximum Gasteiger partial charge on any atom is 0.341 e. The standard InChI is InChI=1S/C24H26F2N4O5/c1-15(35-21-9-5-4-8-20(21)34-2)13-27-22(31)10-6-3-7-16-14-30(29-28-16)17-11-18(25)23(24(32)33)19(26)12-17/h4-5,8-9,11-12,14-15H,3,6-7,10,13H2,1-2H3,(H,27,31)(H,32,33). The van der Waals surface area contributed by atoms with Gasteiger partial charge in [0.25, 0.3) is 0 Å². The van der Waals surface area contributed by atoms with E-state index in [-0.39, 0.29) is 17.7 Å². The highest BCUT2D eigenvalue weighted by Gasteiger charge is 2.19. The fourth-order valence-corrected chi connectivity index (χ4v) is 3.35. The number of nitrogens with zero attached hydrogens (tertiary/aromatic N) is 3. The lowest BCUT2D eigenvalue weighted by atomic mass is 10.1. The number of carboxylic acids is 1. The molecule has 1 unspecified atom stereocenters. The molecule has 0 saturated heterocycles. The third-order valence-corrected chi connectivity index (χ3v) is 5.12. The molecule has 0 aliphatic rings. The second kappa shape index (κ2) is 11.9. The average Bonchev–Trinajstić information content (AvgIpc) is 3.29. The fraction of sp³-hybridized carbons (Fsp3) is 0.333. The van der Waals surface area contributed by atoms with E-state index >= 15 is 0 Å². The molecule has 3 aromatic rings. The predicted octanol–water partition coefficient (Wildman–Crippen LogP) is 3.55. The highest BCUT2D eigenvalue weighted by Crippen LogP contribution is 2.26. The summed E-state index contributed by atoms with van der Waals surface area (Å²) in [5, 5.41) is 19.5. The normalized spacial score (nSPS) is 11.7. The number of hydrogen-bond donors (Lipinski definition) is 2. The average molecular weight is 488 g/mol. The third-order valence-electron chi connectivity index (χ3n) is 5.12. The van der Waals surface area contributed by atoms with Crippen molar-refractivity contribution in [2.75, 3.05) is 13.7 Å². The highest BCUT2D eigenvalue weighted by molar-refractivity contribution is 5.88. The Labute approximate surface area is 200 Å². The van der Waals surface area contributed by atoms with Crippen molar-refractivity contribution in [1.82, 2.24) is 20.3 Å². The molecule has 1 aromatic heterocycles. The molecule has 0 spiro atoms. The van der Waals surface area contributed by atoms with Crippen molar-refractivity contribution >= 4 is 11.9 Å². The molecule has 0 radical (unpaired) electrons. The number of aromatic nitrogens is 3. The molecule has 0 saturated carbocycles. The first-order valence-electron chi connectivity index (χ1n) is 11.0. The largest absolute Gasteiger partial charge is 0.493 e. The van der Waals surface area contributed by atoms with E-state index in [0.717, 1.165) is 12.1 Å². The molecule has 3 rings (SSSR count). The molecule has 1 amide bonds. The van der Waals surface area contributed by atoms with Crippen LogP contribution in [-0.4, -0.2) is 51.7 Å². The summed E-state index contributed by atoms with van der Waals surface area (Å²) in [5.41, 5.74) is -0.423. The number of aromatic carboxylic acids is 1. The first-order chi connectivity index (χ1) is 16.8. The predicted molar refractivity (Wildman–Crippen MR) is 122 cm³/mol. The molecule has 186 valence electrons. The van der Waals surface area contributed by atoms with E-state index in [1.165, 1.54) is 10.9 Å². The second-order valence-corrected chi connectivity index (χ2v) is 7.83. The van der Waals surface area contributed by atoms with Crippen molar-refractivity contribution in [3.05, 3.63) is 65.5 Å². The van der Waals surface area contributed by atoms with Gasteiger partial charge < -0.3 is 19.9 Å². The van der Waals surface area contributed by atoms with Gasteiger partial charge in [0.2, 0.25) is 5.91 Å². The Morgan fingerprint density at radius 1 is 1.14 bits per heavy atom.